The Morgan fingerprint density at radius 3 is 2.73 bits per heavy atom. The molecule has 1 amide bonds. The molecule has 1 aromatic heterocycles. The van der Waals surface area contributed by atoms with E-state index < -0.39 is 18.0 Å². The number of carbonyl (C=O) groups excluding carboxylic acids is 1. The fraction of sp³-hybridized carbons (Fsp3) is 0.333. The van der Waals surface area contributed by atoms with E-state index in [-0.39, 0.29) is 25.7 Å². The number of benzene rings is 2. The second kappa shape index (κ2) is 10.2. The van der Waals surface area contributed by atoms with Crippen molar-refractivity contribution in [2.24, 2.45) is 11.8 Å². The molecule has 2 atom stereocenters. The van der Waals surface area contributed by atoms with Crippen LogP contribution in [0, 0.1) is 11.8 Å². The molecule has 0 spiro atoms. The minimum atomic E-state index is -0.912. The Hall–Kier alpha value is -3.88. The van der Waals surface area contributed by atoms with Gasteiger partial charge in [0.2, 0.25) is 5.82 Å². The van der Waals surface area contributed by atoms with Crippen LogP contribution in [-0.2, 0) is 22.6 Å². The molecule has 1 aliphatic heterocycles. The van der Waals surface area contributed by atoms with E-state index in [1.165, 1.54) is 4.90 Å². The van der Waals surface area contributed by atoms with Crippen LogP contribution in [0.4, 0.5) is 4.79 Å². The molecule has 9 heteroatoms. The van der Waals surface area contributed by atoms with Gasteiger partial charge in [-0.3, -0.25) is 4.79 Å². The van der Waals surface area contributed by atoms with Crippen LogP contribution >= 0.6 is 0 Å². The van der Waals surface area contributed by atoms with Crippen molar-refractivity contribution in [3.8, 4) is 17.2 Å². The number of ether oxygens (including phenoxy) is 2. The minimum absolute atomic E-state index is 0.137. The zero-order valence-corrected chi connectivity index (χ0v) is 18.2. The standard InChI is InChI=1S/C24H25N3O6/c1-2-31-24(30)27-13-18(20(14-27)23(28)29)11-16-7-6-10-19(12-16)32-15-21-25-22(33-26-21)17-8-4-3-5-9-17/h3-10,12,18,20H,2,11,13-15H2,1H3,(H,28,29)/t18-,20+/m1/s1. The fourth-order valence-corrected chi connectivity index (χ4v) is 3.95. The van der Waals surface area contributed by atoms with E-state index >= 15 is 0 Å². The smallest absolute Gasteiger partial charge is 0.409 e. The minimum Gasteiger partial charge on any atom is -0.485 e. The van der Waals surface area contributed by atoms with Gasteiger partial charge in [-0.1, -0.05) is 35.5 Å². The lowest BCUT2D eigenvalue weighted by Gasteiger charge is -2.16. The van der Waals surface area contributed by atoms with Gasteiger partial charge in [0.25, 0.3) is 5.89 Å². The molecule has 33 heavy (non-hydrogen) atoms. The Kier molecular flexibility index (Phi) is 6.87. The first-order valence-electron chi connectivity index (χ1n) is 10.8. The number of nitrogens with zero attached hydrogens (tertiary/aromatic N) is 3. The molecule has 2 heterocycles. The van der Waals surface area contributed by atoms with Crippen LogP contribution < -0.4 is 4.74 Å². The first-order chi connectivity index (χ1) is 16.0. The number of likely N-dealkylation sites (tertiary alicyclic amines) is 1. The lowest BCUT2D eigenvalue weighted by atomic mass is 9.90. The van der Waals surface area contributed by atoms with Crippen LogP contribution in [0.1, 0.15) is 18.3 Å². The monoisotopic (exact) mass is 451 g/mol. The summed E-state index contributed by atoms with van der Waals surface area (Å²) in [6.07, 6.45) is 0.0306. The molecule has 0 bridgehead atoms. The van der Waals surface area contributed by atoms with Crippen LogP contribution in [0.5, 0.6) is 5.75 Å². The lowest BCUT2D eigenvalue weighted by Crippen LogP contribution is -2.30. The number of carboxylic acid groups (broad SMARTS) is 1. The van der Waals surface area contributed by atoms with Gasteiger partial charge in [-0.2, -0.15) is 4.98 Å². The van der Waals surface area contributed by atoms with E-state index in [4.69, 9.17) is 14.0 Å². The Balaban J connectivity index is 1.38. The molecule has 1 N–H and O–H groups in total. The Morgan fingerprint density at radius 1 is 1.15 bits per heavy atom. The molecule has 0 unspecified atom stereocenters. The second-order valence-electron chi connectivity index (χ2n) is 7.83. The number of carboxylic acids is 1. The normalized spacial score (nSPS) is 17.7. The number of aromatic nitrogens is 2. The molecular formula is C24H25N3O6. The van der Waals surface area contributed by atoms with Gasteiger partial charge in [0.05, 0.1) is 12.5 Å². The largest absolute Gasteiger partial charge is 0.485 e. The van der Waals surface area contributed by atoms with Crippen LogP contribution in [0.25, 0.3) is 11.5 Å². The van der Waals surface area contributed by atoms with Gasteiger partial charge in [0, 0.05) is 18.7 Å². The van der Waals surface area contributed by atoms with Crippen molar-refractivity contribution in [1.82, 2.24) is 15.0 Å². The van der Waals surface area contributed by atoms with Crippen molar-refractivity contribution in [2.45, 2.75) is 20.0 Å². The maximum Gasteiger partial charge on any atom is 0.409 e. The number of rotatable bonds is 8. The summed E-state index contributed by atoms with van der Waals surface area (Å²) in [5.74, 6) is -0.306. The molecule has 0 radical (unpaired) electrons. The number of amides is 1. The molecule has 0 saturated carbocycles. The molecule has 9 nitrogen and oxygen atoms in total. The Morgan fingerprint density at radius 2 is 1.97 bits per heavy atom. The molecule has 1 saturated heterocycles. The first-order valence-corrected chi connectivity index (χ1v) is 10.8. The molecule has 1 fully saturated rings. The first kappa shape index (κ1) is 22.3. The predicted molar refractivity (Wildman–Crippen MR) is 117 cm³/mol. The van der Waals surface area contributed by atoms with Gasteiger partial charge < -0.3 is 24.0 Å². The number of hydrogen-bond donors (Lipinski definition) is 1. The summed E-state index contributed by atoms with van der Waals surface area (Å²) in [4.78, 5) is 29.6. The van der Waals surface area contributed by atoms with Crippen LogP contribution in [-0.4, -0.2) is 51.9 Å². The maximum absolute atomic E-state index is 12.0. The van der Waals surface area contributed by atoms with E-state index in [2.05, 4.69) is 10.1 Å². The van der Waals surface area contributed by atoms with Gasteiger partial charge in [-0.05, 0) is 49.1 Å². The zero-order chi connectivity index (χ0) is 23.2. The summed E-state index contributed by atoms with van der Waals surface area (Å²) in [6.45, 7) is 2.60. The van der Waals surface area contributed by atoms with Crippen LogP contribution in [0.3, 0.4) is 0 Å². The molecule has 1 aliphatic rings. The summed E-state index contributed by atoms with van der Waals surface area (Å²) < 4.78 is 16.1. The highest BCUT2D eigenvalue weighted by molar-refractivity contribution is 5.74. The molecule has 172 valence electrons. The summed E-state index contributed by atoms with van der Waals surface area (Å²) in [6, 6.07) is 16.9. The quantitative estimate of drug-likeness (QED) is 0.552. The third kappa shape index (κ3) is 5.49. The van der Waals surface area contributed by atoms with Gasteiger partial charge in [-0.25, -0.2) is 4.79 Å². The molecular weight excluding hydrogens is 426 g/mol. The van der Waals surface area contributed by atoms with Gasteiger partial charge in [0.1, 0.15) is 5.75 Å². The van der Waals surface area contributed by atoms with E-state index in [0.717, 1.165) is 11.1 Å². The average molecular weight is 451 g/mol. The van der Waals surface area contributed by atoms with Gasteiger partial charge in [0.15, 0.2) is 6.61 Å². The topological polar surface area (TPSA) is 115 Å². The van der Waals surface area contributed by atoms with Crippen LogP contribution in [0.2, 0.25) is 0 Å². The fourth-order valence-electron chi connectivity index (χ4n) is 3.95. The third-order valence-corrected chi connectivity index (χ3v) is 5.54. The summed E-state index contributed by atoms with van der Waals surface area (Å²) in [7, 11) is 0. The Labute approximate surface area is 190 Å². The molecule has 0 aliphatic carbocycles. The van der Waals surface area contributed by atoms with E-state index in [9.17, 15) is 14.7 Å². The van der Waals surface area contributed by atoms with Crippen molar-refractivity contribution in [3.63, 3.8) is 0 Å². The number of aliphatic carboxylic acids is 1. The van der Waals surface area contributed by atoms with E-state index in [1.54, 1.807) is 6.92 Å². The molecule has 3 aromatic rings. The molecule has 2 aromatic carbocycles. The van der Waals surface area contributed by atoms with E-state index in [0.29, 0.717) is 30.4 Å². The van der Waals surface area contributed by atoms with Gasteiger partial charge in [-0.15, -0.1) is 0 Å². The zero-order valence-electron chi connectivity index (χ0n) is 18.2. The van der Waals surface area contributed by atoms with Crippen molar-refractivity contribution in [2.75, 3.05) is 19.7 Å². The SMILES string of the molecule is CCOC(=O)N1C[C@@H](Cc2cccc(OCc3noc(-c4ccccc4)n3)c2)[C@@H](C(=O)O)C1. The van der Waals surface area contributed by atoms with Crippen molar-refractivity contribution < 1.29 is 28.7 Å². The highest BCUT2D eigenvalue weighted by atomic mass is 16.6. The summed E-state index contributed by atoms with van der Waals surface area (Å²) >= 11 is 0. The highest BCUT2D eigenvalue weighted by Gasteiger charge is 2.40. The number of carbonyl (C=O) groups is 2. The predicted octanol–water partition coefficient (Wildman–Crippen LogP) is 3.65. The van der Waals surface area contributed by atoms with Gasteiger partial charge >= 0.3 is 12.1 Å². The number of hydrogen-bond acceptors (Lipinski definition) is 7. The lowest BCUT2D eigenvalue weighted by molar-refractivity contribution is -0.142. The summed E-state index contributed by atoms with van der Waals surface area (Å²) in [5.41, 5.74) is 1.76. The summed E-state index contributed by atoms with van der Waals surface area (Å²) in [5, 5.41) is 13.6. The second-order valence-corrected chi connectivity index (χ2v) is 7.83. The Bertz CT molecular complexity index is 1100. The van der Waals surface area contributed by atoms with Crippen LogP contribution in [0.15, 0.2) is 59.1 Å². The van der Waals surface area contributed by atoms with Crippen molar-refractivity contribution in [1.29, 1.82) is 0 Å². The average Bonchev–Trinajstić information content (AvgIpc) is 3.46. The van der Waals surface area contributed by atoms with E-state index in [1.807, 2.05) is 54.6 Å². The maximum atomic E-state index is 12.0. The highest BCUT2D eigenvalue weighted by Crippen LogP contribution is 2.29. The third-order valence-electron chi connectivity index (χ3n) is 5.54. The molecule has 4 rings (SSSR count). The van der Waals surface area contributed by atoms with Crippen molar-refractivity contribution in [3.05, 3.63) is 66.0 Å². The van der Waals surface area contributed by atoms with Crippen molar-refractivity contribution >= 4 is 12.1 Å².